The maximum Gasteiger partial charge on any atom is 0.242 e. The third-order valence-corrected chi connectivity index (χ3v) is 8.41. The Morgan fingerprint density at radius 2 is 1.84 bits per heavy atom. The molecule has 2 aromatic rings. The molecule has 0 saturated heterocycles. The molecule has 1 aliphatic carbocycles. The lowest BCUT2D eigenvalue weighted by molar-refractivity contribution is -0.141. The van der Waals surface area contributed by atoms with Gasteiger partial charge in [0.1, 0.15) is 11.8 Å². The topological polar surface area (TPSA) is 96.0 Å². The summed E-state index contributed by atoms with van der Waals surface area (Å²) in [7, 11) is -2.16. The minimum Gasteiger partial charge on any atom is -0.495 e. The van der Waals surface area contributed by atoms with Crippen molar-refractivity contribution in [3.8, 4) is 5.75 Å². The molecule has 0 bridgehead atoms. The van der Waals surface area contributed by atoms with Gasteiger partial charge < -0.3 is 15.0 Å². The number of benzene rings is 2. The van der Waals surface area contributed by atoms with Gasteiger partial charge in [0.05, 0.1) is 24.1 Å². The molecule has 1 N–H and O–H groups in total. The van der Waals surface area contributed by atoms with Crippen molar-refractivity contribution in [2.75, 3.05) is 24.2 Å². The van der Waals surface area contributed by atoms with Crippen molar-refractivity contribution in [3.63, 3.8) is 0 Å². The Morgan fingerprint density at radius 1 is 1.13 bits per heavy atom. The van der Waals surface area contributed by atoms with Crippen molar-refractivity contribution in [2.24, 2.45) is 0 Å². The number of nitrogens with one attached hydrogen (secondary N) is 1. The van der Waals surface area contributed by atoms with Gasteiger partial charge in [0, 0.05) is 30.6 Å². The number of carbonyl (C=O) groups is 2. The molecule has 0 spiro atoms. The van der Waals surface area contributed by atoms with Crippen LogP contribution in [0.25, 0.3) is 0 Å². The second-order valence-corrected chi connectivity index (χ2v) is 12.3. The SMILES string of the molecule is COc1ccc(N(CCCC(=O)N(Cc2cccc(Cl)c2)[C@@H](C)C(=O)NC2CCCC2)S(C)(=O)=O)cc1Cl. The fourth-order valence-electron chi connectivity index (χ4n) is 4.62. The van der Waals surface area contributed by atoms with Crippen LogP contribution >= 0.6 is 23.2 Å². The van der Waals surface area contributed by atoms with E-state index in [1.54, 1.807) is 37.3 Å². The number of nitrogens with zero attached hydrogens (tertiary/aromatic N) is 2. The number of hydrogen-bond donors (Lipinski definition) is 1. The second kappa shape index (κ2) is 13.5. The van der Waals surface area contributed by atoms with Gasteiger partial charge in [-0.3, -0.25) is 13.9 Å². The molecule has 8 nitrogen and oxygen atoms in total. The van der Waals surface area contributed by atoms with E-state index in [0.717, 1.165) is 37.5 Å². The van der Waals surface area contributed by atoms with Crippen LogP contribution in [0.1, 0.15) is 51.0 Å². The van der Waals surface area contributed by atoms with Crippen LogP contribution in [-0.4, -0.2) is 57.1 Å². The lowest BCUT2D eigenvalue weighted by Crippen LogP contribution is -2.49. The molecular formula is C27H35Cl2N3O5S. The summed E-state index contributed by atoms with van der Waals surface area (Å²) >= 11 is 12.4. The highest BCUT2D eigenvalue weighted by atomic mass is 35.5. The summed E-state index contributed by atoms with van der Waals surface area (Å²) in [5, 5.41) is 3.90. The lowest BCUT2D eigenvalue weighted by atomic mass is 10.1. The van der Waals surface area contributed by atoms with E-state index >= 15 is 0 Å². The van der Waals surface area contributed by atoms with Gasteiger partial charge in [-0.1, -0.05) is 48.2 Å². The van der Waals surface area contributed by atoms with Gasteiger partial charge in [-0.15, -0.1) is 0 Å². The third-order valence-electron chi connectivity index (χ3n) is 6.69. The molecule has 208 valence electrons. The summed E-state index contributed by atoms with van der Waals surface area (Å²) in [4.78, 5) is 28.0. The first-order valence-corrected chi connectivity index (χ1v) is 15.3. The van der Waals surface area contributed by atoms with E-state index in [1.807, 2.05) is 6.07 Å². The van der Waals surface area contributed by atoms with Gasteiger partial charge in [-0.25, -0.2) is 8.42 Å². The van der Waals surface area contributed by atoms with Crippen molar-refractivity contribution >= 4 is 50.7 Å². The Labute approximate surface area is 235 Å². The predicted molar refractivity (Wildman–Crippen MR) is 151 cm³/mol. The molecule has 2 aromatic carbocycles. The molecule has 1 aliphatic rings. The lowest BCUT2D eigenvalue weighted by Gasteiger charge is -2.30. The van der Waals surface area contributed by atoms with E-state index in [-0.39, 0.29) is 48.8 Å². The summed E-state index contributed by atoms with van der Waals surface area (Å²) in [6, 6.07) is 11.3. The number of anilines is 1. The average molecular weight is 585 g/mol. The molecule has 1 saturated carbocycles. The Bertz CT molecular complexity index is 1230. The number of halogens is 2. The van der Waals surface area contributed by atoms with E-state index in [0.29, 0.717) is 16.5 Å². The highest BCUT2D eigenvalue weighted by Gasteiger charge is 2.29. The molecule has 38 heavy (non-hydrogen) atoms. The van der Waals surface area contributed by atoms with E-state index in [2.05, 4.69) is 5.32 Å². The summed E-state index contributed by atoms with van der Waals surface area (Å²) < 4.78 is 31.4. The van der Waals surface area contributed by atoms with Crippen LogP contribution in [0.3, 0.4) is 0 Å². The van der Waals surface area contributed by atoms with Crippen LogP contribution in [0, 0.1) is 0 Å². The average Bonchev–Trinajstić information content (AvgIpc) is 3.37. The molecular weight excluding hydrogens is 549 g/mol. The van der Waals surface area contributed by atoms with Crippen LogP contribution in [0.5, 0.6) is 5.75 Å². The van der Waals surface area contributed by atoms with Gasteiger partial charge in [0.2, 0.25) is 21.8 Å². The summed E-state index contributed by atoms with van der Waals surface area (Å²) in [5.41, 5.74) is 1.18. The fourth-order valence-corrected chi connectivity index (χ4v) is 6.04. The zero-order valence-electron chi connectivity index (χ0n) is 22.0. The minimum absolute atomic E-state index is 0.0531. The number of hydrogen-bond acceptors (Lipinski definition) is 5. The number of sulfonamides is 1. The first-order valence-electron chi connectivity index (χ1n) is 12.6. The molecule has 0 radical (unpaired) electrons. The van der Waals surface area contributed by atoms with Crippen LogP contribution in [0.15, 0.2) is 42.5 Å². The standard InChI is InChI=1S/C27H35Cl2N3O5S/c1-19(27(34)30-22-10-4-5-11-22)31(18-20-8-6-9-21(28)16-20)26(33)12-7-15-32(38(3,35)36)23-13-14-25(37-2)24(29)17-23/h6,8-9,13-14,16-17,19,22H,4-5,7,10-12,15,18H2,1-3H3,(H,30,34)/t19-/m0/s1. The maximum atomic E-state index is 13.4. The van der Waals surface area contributed by atoms with Crippen molar-refractivity contribution in [1.29, 1.82) is 0 Å². The monoisotopic (exact) mass is 583 g/mol. The highest BCUT2D eigenvalue weighted by molar-refractivity contribution is 7.92. The number of methoxy groups -OCH3 is 1. The van der Waals surface area contributed by atoms with E-state index in [9.17, 15) is 18.0 Å². The fraction of sp³-hybridized carbons (Fsp3) is 0.481. The number of rotatable bonds is 12. The predicted octanol–water partition coefficient (Wildman–Crippen LogP) is 5.02. The largest absolute Gasteiger partial charge is 0.495 e. The summed E-state index contributed by atoms with van der Waals surface area (Å²) in [6.45, 7) is 2.00. The van der Waals surface area contributed by atoms with Crippen molar-refractivity contribution in [1.82, 2.24) is 10.2 Å². The maximum absolute atomic E-state index is 13.4. The van der Waals surface area contributed by atoms with E-state index in [1.165, 1.54) is 22.4 Å². The van der Waals surface area contributed by atoms with Crippen LogP contribution in [0.4, 0.5) is 5.69 Å². The zero-order valence-corrected chi connectivity index (χ0v) is 24.3. The van der Waals surface area contributed by atoms with E-state index in [4.69, 9.17) is 27.9 Å². The number of ether oxygens (including phenoxy) is 1. The molecule has 1 atom stereocenters. The Balaban J connectivity index is 1.73. The van der Waals surface area contributed by atoms with Crippen LogP contribution < -0.4 is 14.4 Å². The zero-order chi connectivity index (χ0) is 27.9. The summed E-state index contributed by atoms with van der Waals surface area (Å²) in [6.07, 6.45) is 5.46. The Hall–Kier alpha value is -2.49. The third kappa shape index (κ3) is 8.25. The number of amides is 2. The summed E-state index contributed by atoms with van der Waals surface area (Å²) in [5.74, 6) is -0.0150. The smallest absolute Gasteiger partial charge is 0.242 e. The van der Waals surface area contributed by atoms with E-state index < -0.39 is 16.1 Å². The van der Waals surface area contributed by atoms with Gasteiger partial charge in [0.15, 0.2) is 0 Å². The minimum atomic E-state index is -3.64. The molecule has 0 unspecified atom stereocenters. The van der Waals surface area contributed by atoms with Gasteiger partial charge in [-0.05, 0) is 62.1 Å². The first kappa shape index (κ1) is 30.1. The Morgan fingerprint density at radius 3 is 2.45 bits per heavy atom. The van der Waals surface area contributed by atoms with Gasteiger partial charge in [-0.2, -0.15) is 0 Å². The normalized spacial score (nSPS) is 14.7. The second-order valence-electron chi connectivity index (χ2n) is 9.58. The van der Waals surface area contributed by atoms with Crippen molar-refractivity contribution in [2.45, 2.75) is 64.1 Å². The molecule has 11 heteroatoms. The van der Waals surface area contributed by atoms with Gasteiger partial charge in [0.25, 0.3) is 0 Å². The first-order chi connectivity index (χ1) is 18.0. The van der Waals surface area contributed by atoms with Gasteiger partial charge >= 0.3 is 0 Å². The quantitative estimate of drug-likeness (QED) is 0.378. The molecule has 0 aliphatic heterocycles. The molecule has 0 heterocycles. The van der Waals surface area contributed by atoms with Crippen LogP contribution in [-0.2, 0) is 26.2 Å². The molecule has 1 fully saturated rings. The van der Waals surface area contributed by atoms with Crippen molar-refractivity contribution in [3.05, 3.63) is 58.1 Å². The van der Waals surface area contributed by atoms with Crippen molar-refractivity contribution < 1.29 is 22.7 Å². The number of carbonyl (C=O) groups excluding carboxylic acids is 2. The molecule has 0 aromatic heterocycles. The van der Waals surface area contributed by atoms with Crippen LogP contribution in [0.2, 0.25) is 10.0 Å². The highest BCUT2D eigenvalue weighted by Crippen LogP contribution is 2.30. The molecule has 2 amide bonds. The molecule has 3 rings (SSSR count). The Kier molecular flexibility index (Phi) is 10.7.